The van der Waals surface area contributed by atoms with Crippen LogP contribution in [0, 0.1) is 0 Å². The molecular weight excluding hydrogens is 382 g/mol. The van der Waals surface area contributed by atoms with E-state index < -0.39 is 0 Å². The summed E-state index contributed by atoms with van der Waals surface area (Å²) >= 11 is 0. The zero-order valence-corrected chi connectivity index (χ0v) is 17.2. The molecule has 2 aromatic heterocycles. The minimum atomic E-state index is -0.174. The Bertz CT molecular complexity index is 1050. The molecule has 30 heavy (non-hydrogen) atoms. The number of aromatic amines is 1. The summed E-state index contributed by atoms with van der Waals surface area (Å²) < 4.78 is 11.0. The van der Waals surface area contributed by atoms with Gasteiger partial charge in [0.15, 0.2) is 17.3 Å². The molecule has 8 heteroatoms. The molecular formula is C22H25N5O3. The van der Waals surface area contributed by atoms with E-state index in [1.165, 1.54) is 0 Å². The summed E-state index contributed by atoms with van der Waals surface area (Å²) in [5.74, 6) is 2.13. The van der Waals surface area contributed by atoms with E-state index in [-0.39, 0.29) is 11.5 Å². The summed E-state index contributed by atoms with van der Waals surface area (Å²) in [6, 6.07) is 7.53. The topological polar surface area (TPSA) is 93.2 Å². The van der Waals surface area contributed by atoms with Gasteiger partial charge in [-0.2, -0.15) is 0 Å². The first kappa shape index (κ1) is 20.0. The van der Waals surface area contributed by atoms with E-state index in [0.29, 0.717) is 11.5 Å². The van der Waals surface area contributed by atoms with Crippen molar-refractivity contribution in [3.8, 4) is 23.0 Å². The lowest BCUT2D eigenvalue weighted by atomic mass is 9.94. The molecule has 4 rings (SSSR count). The number of hydrogen-bond acceptors (Lipinski definition) is 7. The normalized spacial score (nSPS) is 16.9. The molecule has 0 spiro atoms. The third-order valence-corrected chi connectivity index (χ3v) is 5.37. The lowest BCUT2D eigenvalue weighted by Crippen LogP contribution is -2.34. The highest BCUT2D eigenvalue weighted by Gasteiger charge is 2.24. The van der Waals surface area contributed by atoms with Crippen LogP contribution in [-0.2, 0) is 6.54 Å². The lowest BCUT2D eigenvalue weighted by molar-refractivity contribution is 0.195. The average Bonchev–Trinajstić information content (AvgIpc) is 2.79. The first-order valence-corrected chi connectivity index (χ1v) is 9.98. The first-order valence-electron chi connectivity index (χ1n) is 9.98. The quantitative estimate of drug-likeness (QED) is 0.671. The van der Waals surface area contributed by atoms with Crippen molar-refractivity contribution in [2.24, 2.45) is 0 Å². The van der Waals surface area contributed by atoms with Crippen LogP contribution in [0.25, 0.3) is 11.5 Å². The average molecular weight is 407 g/mol. The molecule has 1 aliphatic rings. The van der Waals surface area contributed by atoms with E-state index in [1.54, 1.807) is 38.9 Å². The number of rotatable bonds is 6. The second-order valence-electron chi connectivity index (χ2n) is 7.34. The zero-order valence-electron chi connectivity index (χ0n) is 17.2. The molecule has 0 saturated carbocycles. The van der Waals surface area contributed by atoms with Crippen molar-refractivity contribution < 1.29 is 9.47 Å². The fraction of sp³-hybridized carbons (Fsp3) is 0.364. The third-order valence-electron chi connectivity index (χ3n) is 5.37. The number of likely N-dealkylation sites (tertiary alicyclic amines) is 1. The van der Waals surface area contributed by atoms with Gasteiger partial charge in [-0.1, -0.05) is 12.1 Å². The number of benzene rings is 1. The Hall–Kier alpha value is -3.26. The van der Waals surface area contributed by atoms with Crippen LogP contribution < -0.4 is 15.0 Å². The van der Waals surface area contributed by atoms with Gasteiger partial charge in [0.05, 0.1) is 26.1 Å². The van der Waals surface area contributed by atoms with Crippen molar-refractivity contribution in [3.63, 3.8) is 0 Å². The fourth-order valence-electron chi connectivity index (χ4n) is 3.99. The highest BCUT2D eigenvalue weighted by molar-refractivity contribution is 5.47. The second kappa shape index (κ2) is 9.04. The Balaban J connectivity index is 1.55. The van der Waals surface area contributed by atoms with Crippen molar-refractivity contribution in [3.05, 3.63) is 64.5 Å². The standard InChI is InChI=1S/C22H25N5O3/c1-29-19-7-3-5-16(21(19)30-2)14-27-10-4-6-15(13-27)17-11-20(28)26-22(25-17)18-12-23-8-9-24-18/h3,5,7-9,11-12,15H,4,6,10,13-14H2,1-2H3,(H,25,26,28). The van der Waals surface area contributed by atoms with E-state index in [0.717, 1.165) is 55.2 Å². The number of nitrogens with one attached hydrogen (secondary N) is 1. The maximum absolute atomic E-state index is 12.3. The molecule has 0 bridgehead atoms. The predicted molar refractivity (Wildman–Crippen MR) is 113 cm³/mol. The maximum atomic E-state index is 12.3. The summed E-state index contributed by atoms with van der Waals surface area (Å²) in [4.78, 5) is 30.4. The minimum absolute atomic E-state index is 0.174. The van der Waals surface area contributed by atoms with Gasteiger partial charge in [-0.15, -0.1) is 0 Å². The number of para-hydroxylation sites is 1. The summed E-state index contributed by atoms with van der Waals surface area (Å²) in [5.41, 5.74) is 2.26. The maximum Gasteiger partial charge on any atom is 0.251 e. The van der Waals surface area contributed by atoms with Gasteiger partial charge >= 0.3 is 0 Å². The number of aromatic nitrogens is 4. The Morgan fingerprint density at radius 2 is 2.13 bits per heavy atom. The molecule has 0 aliphatic carbocycles. The Labute approximate surface area is 174 Å². The van der Waals surface area contributed by atoms with Gasteiger partial charge in [0.1, 0.15) is 5.69 Å². The molecule has 0 amide bonds. The van der Waals surface area contributed by atoms with E-state index in [9.17, 15) is 4.79 Å². The molecule has 1 N–H and O–H groups in total. The molecule has 1 saturated heterocycles. The van der Waals surface area contributed by atoms with Crippen molar-refractivity contribution in [2.45, 2.75) is 25.3 Å². The molecule has 0 radical (unpaired) electrons. The van der Waals surface area contributed by atoms with Crippen molar-refractivity contribution >= 4 is 0 Å². The SMILES string of the molecule is COc1cccc(CN2CCCC(c3cc(=O)[nH]c(-c4cnccn4)n3)C2)c1OC. The molecule has 156 valence electrons. The van der Waals surface area contributed by atoms with Gasteiger partial charge in [0.2, 0.25) is 0 Å². The molecule has 1 aromatic carbocycles. The number of piperidine rings is 1. The van der Waals surface area contributed by atoms with Crippen LogP contribution in [0.4, 0.5) is 0 Å². The van der Waals surface area contributed by atoms with Crippen molar-refractivity contribution in [2.75, 3.05) is 27.3 Å². The molecule has 1 atom stereocenters. The smallest absolute Gasteiger partial charge is 0.251 e. The number of methoxy groups -OCH3 is 2. The van der Waals surface area contributed by atoms with Gasteiger partial charge in [-0.25, -0.2) is 9.97 Å². The lowest BCUT2D eigenvalue weighted by Gasteiger charge is -2.32. The highest BCUT2D eigenvalue weighted by atomic mass is 16.5. The van der Waals surface area contributed by atoms with Crippen molar-refractivity contribution in [1.29, 1.82) is 0 Å². The highest BCUT2D eigenvalue weighted by Crippen LogP contribution is 2.33. The van der Waals surface area contributed by atoms with Crippen LogP contribution in [0.15, 0.2) is 47.7 Å². The molecule has 3 heterocycles. The van der Waals surface area contributed by atoms with Crippen LogP contribution in [0.1, 0.15) is 30.0 Å². The number of nitrogens with zero attached hydrogens (tertiary/aromatic N) is 4. The number of hydrogen-bond donors (Lipinski definition) is 1. The van der Waals surface area contributed by atoms with Gasteiger partial charge in [-0.3, -0.25) is 14.7 Å². The van der Waals surface area contributed by atoms with Gasteiger partial charge in [-0.05, 0) is 25.5 Å². The summed E-state index contributed by atoms with van der Waals surface area (Å²) in [6.45, 7) is 2.55. The number of H-pyrrole nitrogens is 1. The molecule has 8 nitrogen and oxygen atoms in total. The number of ether oxygens (including phenoxy) is 2. The van der Waals surface area contributed by atoms with Gasteiger partial charge < -0.3 is 14.5 Å². The molecule has 3 aromatic rings. The summed E-state index contributed by atoms with van der Waals surface area (Å²) in [7, 11) is 3.31. The third kappa shape index (κ3) is 4.33. The van der Waals surface area contributed by atoms with Crippen LogP contribution in [-0.4, -0.2) is 52.1 Å². The van der Waals surface area contributed by atoms with Crippen LogP contribution in [0.2, 0.25) is 0 Å². The molecule has 1 aliphatic heterocycles. The predicted octanol–water partition coefficient (Wildman–Crippen LogP) is 2.62. The summed E-state index contributed by atoms with van der Waals surface area (Å²) in [6.07, 6.45) is 6.81. The Morgan fingerprint density at radius 1 is 1.23 bits per heavy atom. The van der Waals surface area contributed by atoms with Crippen LogP contribution in [0.3, 0.4) is 0 Å². The van der Waals surface area contributed by atoms with Gasteiger partial charge in [0, 0.05) is 43.0 Å². The molecule has 1 fully saturated rings. The van der Waals surface area contributed by atoms with Crippen molar-refractivity contribution in [1.82, 2.24) is 24.8 Å². The Kier molecular flexibility index (Phi) is 6.04. The first-order chi connectivity index (χ1) is 14.7. The van der Waals surface area contributed by atoms with E-state index in [4.69, 9.17) is 14.5 Å². The Morgan fingerprint density at radius 3 is 2.90 bits per heavy atom. The summed E-state index contributed by atoms with van der Waals surface area (Å²) in [5, 5.41) is 0. The van der Waals surface area contributed by atoms with Gasteiger partial charge in [0.25, 0.3) is 5.56 Å². The second-order valence-corrected chi connectivity index (χ2v) is 7.34. The van der Waals surface area contributed by atoms with Crippen LogP contribution in [0.5, 0.6) is 11.5 Å². The van der Waals surface area contributed by atoms with E-state index >= 15 is 0 Å². The fourth-order valence-corrected chi connectivity index (χ4v) is 3.99. The zero-order chi connectivity index (χ0) is 20.9. The van der Waals surface area contributed by atoms with Crippen LogP contribution >= 0.6 is 0 Å². The molecule has 1 unspecified atom stereocenters. The van der Waals surface area contributed by atoms with E-state index in [2.05, 4.69) is 25.9 Å². The largest absolute Gasteiger partial charge is 0.493 e. The van der Waals surface area contributed by atoms with E-state index in [1.807, 2.05) is 12.1 Å². The monoisotopic (exact) mass is 407 g/mol. The minimum Gasteiger partial charge on any atom is -0.493 e.